The molecule has 0 fully saturated rings. The van der Waals surface area contributed by atoms with E-state index in [0.717, 1.165) is 11.1 Å². The van der Waals surface area contributed by atoms with Gasteiger partial charge in [0.1, 0.15) is 17.3 Å². The number of nitrogens with one attached hydrogen (secondary N) is 4. The second-order valence-electron chi connectivity index (χ2n) is 7.42. The second kappa shape index (κ2) is 9.61. The molecule has 10 heteroatoms. The van der Waals surface area contributed by atoms with E-state index in [9.17, 15) is 14.7 Å². The molecule has 4 rings (SSSR count). The van der Waals surface area contributed by atoms with Gasteiger partial charge in [-0.3, -0.25) is 15.6 Å². The maximum absolute atomic E-state index is 12.3. The summed E-state index contributed by atoms with van der Waals surface area (Å²) in [6.45, 7) is 4.21. The van der Waals surface area contributed by atoms with Crippen molar-refractivity contribution in [1.29, 1.82) is 0 Å². The van der Waals surface area contributed by atoms with Crippen LogP contribution in [0.25, 0.3) is 22.5 Å². The molecule has 0 aliphatic carbocycles. The molecule has 1 atom stereocenters. The van der Waals surface area contributed by atoms with Crippen LogP contribution in [-0.2, 0) is 4.79 Å². The number of carboxylic acid groups (broad SMARTS) is 1. The molecule has 1 aliphatic rings. The molecule has 0 amide bonds. The summed E-state index contributed by atoms with van der Waals surface area (Å²) in [4.78, 5) is 31.0. The molecular weight excluding hydrogens is 426 g/mol. The van der Waals surface area contributed by atoms with Gasteiger partial charge in [0.05, 0.1) is 12.2 Å². The van der Waals surface area contributed by atoms with Crippen LogP contribution in [0.2, 0.25) is 0 Å². The van der Waals surface area contributed by atoms with Crippen LogP contribution in [0.3, 0.4) is 0 Å². The zero-order valence-corrected chi connectivity index (χ0v) is 18.3. The number of aliphatic carboxylic acids is 1. The molecule has 1 unspecified atom stereocenters. The molecule has 1 aliphatic heterocycles. The van der Waals surface area contributed by atoms with Crippen LogP contribution < -0.4 is 31.4 Å². The standard InChI is InChI=1S/C23H25N5O5/c1-3-6-17(23(30)31)33-15-8-5-7-13(11-15)14-9-10-16(18(12-14)32-4-2)20-24-21-19(22(29)25-20)26-28-27-21/h5,7-12,17,26,28H,3-4,6H2,1-2H3,(H,30,31)(H2,24,25,27,29). The quantitative estimate of drug-likeness (QED) is 0.331. The fraction of sp³-hybridized carbons (Fsp3) is 0.261. The van der Waals surface area contributed by atoms with Crippen molar-refractivity contribution in [3.05, 3.63) is 52.8 Å². The van der Waals surface area contributed by atoms with Crippen molar-refractivity contribution in [2.24, 2.45) is 0 Å². The molecule has 0 spiro atoms. The van der Waals surface area contributed by atoms with E-state index in [0.29, 0.717) is 53.8 Å². The number of nitrogens with zero attached hydrogens (tertiary/aromatic N) is 1. The first-order valence-electron chi connectivity index (χ1n) is 10.7. The third-order valence-electron chi connectivity index (χ3n) is 5.10. The summed E-state index contributed by atoms with van der Waals surface area (Å²) >= 11 is 0. The molecule has 10 nitrogen and oxygen atoms in total. The highest BCUT2D eigenvalue weighted by Gasteiger charge is 2.20. The summed E-state index contributed by atoms with van der Waals surface area (Å²) in [5.41, 5.74) is 10.5. The molecule has 1 aromatic heterocycles. The zero-order valence-electron chi connectivity index (χ0n) is 18.3. The number of rotatable bonds is 9. The predicted molar refractivity (Wildman–Crippen MR) is 124 cm³/mol. The number of aromatic nitrogens is 2. The maximum Gasteiger partial charge on any atom is 0.344 e. The summed E-state index contributed by atoms with van der Waals surface area (Å²) in [6.07, 6.45) is 0.234. The molecular formula is C23H25N5O5. The van der Waals surface area contributed by atoms with Gasteiger partial charge in [0, 0.05) is 0 Å². The smallest absolute Gasteiger partial charge is 0.344 e. The van der Waals surface area contributed by atoms with E-state index in [2.05, 4.69) is 26.4 Å². The fourth-order valence-electron chi connectivity index (χ4n) is 3.54. The van der Waals surface area contributed by atoms with Crippen molar-refractivity contribution in [3.8, 4) is 34.0 Å². The minimum absolute atomic E-state index is 0.313. The number of hydrazine groups is 2. The Labute approximate surface area is 189 Å². The van der Waals surface area contributed by atoms with Gasteiger partial charge in [0.25, 0.3) is 5.56 Å². The van der Waals surface area contributed by atoms with Crippen LogP contribution in [0.4, 0.5) is 11.5 Å². The number of hydrogen-bond acceptors (Lipinski definition) is 8. The second-order valence-corrected chi connectivity index (χ2v) is 7.42. The average molecular weight is 451 g/mol. The first-order chi connectivity index (χ1) is 16.0. The van der Waals surface area contributed by atoms with Crippen LogP contribution in [0.15, 0.2) is 47.3 Å². The van der Waals surface area contributed by atoms with Crippen LogP contribution in [0.5, 0.6) is 11.5 Å². The number of anilines is 2. The minimum atomic E-state index is -0.985. The van der Waals surface area contributed by atoms with E-state index in [1.54, 1.807) is 12.1 Å². The van der Waals surface area contributed by atoms with Crippen molar-refractivity contribution in [2.75, 3.05) is 17.5 Å². The Hall–Kier alpha value is -4.05. The Morgan fingerprint density at radius 1 is 1.12 bits per heavy atom. The van der Waals surface area contributed by atoms with Crippen LogP contribution in [0, 0.1) is 0 Å². The molecule has 3 aromatic rings. The lowest BCUT2D eigenvalue weighted by Crippen LogP contribution is -2.26. The first-order valence-corrected chi connectivity index (χ1v) is 10.7. The summed E-state index contributed by atoms with van der Waals surface area (Å²) in [5.74, 6) is 0.808. The highest BCUT2D eigenvalue weighted by atomic mass is 16.5. The Kier molecular flexibility index (Phi) is 6.45. The van der Waals surface area contributed by atoms with Crippen molar-refractivity contribution in [3.63, 3.8) is 0 Å². The Morgan fingerprint density at radius 2 is 1.94 bits per heavy atom. The highest BCUT2D eigenvalue weighted by Crippen LogP contribution is 2.34. The molecule has 0 bridgehead atoms. The van der Waals surface area contributed by atoms with Crippen molar-refractivity contribution >= 4 is 17.5 Å². The molecule has 0 radical (unpaired) electrons. The number of hydrogen-bond donors (Lipinski definition) is 5. The van der Waals surface area contributed by atoms with Crippen molar-refractivity contribution in [2.45, 2.75) is 32.8 Å². The van der Waals surface area contributed by atoms with E-state index < -0.39 is 12.1 Å². The predicted octanol–water partition coefficient (Wildman–Crippen LogP) is 3.39. The lowest BCUT2D eigenvalue weighted by Gasteiger charge is -2.16. The van der Waals surface area contributed by atoms with E-state index in [4.69, 9.17) is 9.47 Å². The molecule has 0 saturated carbocycles. The third-order valence-corrected chi connectivity index (χ3v) is 5.10. The van der Waals surface area contributed by atoms with Gasteiger partial charge in [-0.1, -0.05) is 31.5 Å². The summed E-state index contributed by atoms with van der Waals surface area (Å²) in [7, 11) is 0. The van der Waals surface area contributed by atoms with Crippen molar-refractivity contribution < 1.29 is 19.4 Å². The van der Waals surface area contributed by atoms with Crippen molar-refractivity contribution in [1.82, 2.24) is 15.5 Å². The lowest BCUT2D eigenvalue weighted by atomic mass is 10.0. The van der Waals surface area contributed by atoms with E-state index in [1.165, 1.54) is 0 Å². The van der Waals surface area contributed by atoms with E-state index in [1.807, 2.05) is 44.2 Å². The first kappa shape index (κ1) is 22.2. The molecule has 0 saturated heterocycles. The number of fused-ring (bicyclic) bond motifs is 1. The van der Waals surface area contributed by atoms with Crippen LogP contribution in [0.1, 0.15) is 26.7 Å². The average Bonchev–Trinajstić information content (AvgIpc) is 3.28. The topological polar surface area (TPSA) is 138 Å². The zero-order chi connectivity index (χ0) is 23.4. The number of carboxylic acids is 1. The molecule has 5 N–H and O–H groups in total. The SMILES string of the molecule is CCCC(Oc1cccc(-c2ccc(-c3nc4c(c(=O)[nH]3)NNN4)c(OCC)c2)c1)C(=O)O. The third kappa shape index (κ3) is 4.75. The molecule has 2 aromatic carbocycles. The Balaban J connectivity index is 1.68. The summed E-state index contributed by atoms with van der Waals surface area (Å²) in [6, 6.07) is 12.8. The summed E-state index contributed by atoms with van der Waals surface area (Å²) < 4.78 is 11.6. The highest BCUT2D eigenvalue weighted by molar-refractivity contribution is 5.76. The van der Waals surface area contributed by atoms with Crippen LogP contribution in [-0.4, -0.2) is 33.8 Å². The number of benzene rings is 2. The summed E-state index contributed by atoms with van der Waals surface area (Å²) in [5, 5.41) is 9.38. The van der Waals surface area contributed by atoms with E-state index in [-0.39, 0.29) is 5.56 Å². The van der Waals surface area contributed by atoms with Gasteiger partial charge in [-0.05, 0) is 48.7 Å². The lowest BCUT2D eigenvalue weighted by molar-refractivity contribution is -0.145. The molecule has 2 heterocycles. The van der Waals surface area contributed by atoms with Gasteiger partial charge in [-0.2, -0.15) is 0 Å². The van der Waals surface area contributed by atoms with Gasteiger partial charge in [0.15, 0.2) is 17.6 Å². The minimum Gasteiger partial charge on any atom is -0.493 e. The fourth-order valence-corrected chi connectivity index (χ4v) is 3.54. The van der Waals surface area contributed by atoms with Gasteiger partial charge >= 0.3 is 5.97 Å². The van der Waals surface area contributed by atoms with Crippen LogP contribution >= 0.6 is 0 Å². The Bertz CT molecular complexity index is 1230. The monoisotopic (exact) mass is 451 g/mol. The van der Waals surface area contributed by atoms with Gasteiger partial charge in [0.2, 0.25) is 0 Å². The number of carbonyl (C=O) groups is 1. The number of ether oxygens (including phenoxy) is 2. The van der Waals surface area contributed by atoms with Gasteiger partial charge in [-0.25, -0.2) is 9.78 Å². The number of H-pyrrole nitrogens is 1. The van der Waals surface area contributed by atoms with E-state index >= 15 is 0 Å². The maximum atomic E-state index is 12.3. The molecule has 33 heavy (non-hydrogen) atoms. The number of aromatic amines is 1. The van der Waals surface area contributed by atoms with Gasteiger partial charge < -0.3 is 19.6 Å². The van der Waals surface area contributed by atoms with Gasteiger partial charge in [-0.15, -0.1) is 5.53 Å². The molecule has 172 valence electrons. The Morgan fingerprint density at radius 3 is 2.70 bits per heavy atom. The normalized spacial score (nSPS) is 12.9. The largest absolute Gasteiger partial charge is 0.493 e.